The highest BCUT2D eigenvalue weighted by Gasteiger charge is 2.03. The summed E-state index contributed by atoms with van der Waals surface area (Å²) in [7, 11) is 4.01. The number of tetrazole rings is 1. The lowest BCUT2D eigenvalue weighted by molar-refractivity contribution is 0.655. The summed E-state index contributed by atoms with van der Waals surface area (Å²) in [5.41, 5.74) is 7.86. The van der Waals surface area contributed by atoms with Crippen LogP contribution in [0, 0.1) is 0 Å². The fraction of sp³-hybridized carbons (Fsp3) is 0.300. The minimum absolute atomic E-state index is 0.329. The number of benzene rings is 1. The van der Waals surface area contributed by atoms with Crippen LogP contribution >= 0.6 is 0 Å². The van der Waals surface area contributed by atoms with Crippen LogP contribution in [-0.4, -0.2) is 34.3 Å². The van der Waals surface area contributed by atoms with Crippen molar-refractivity contribution >= 4 is 11.6 Å². The standard InChI is InChI=1S/C10H14N6/c1-15(2)9-5-3-4-8(6-9)7-16-10(11)12-13-14-16/h3-6H,7H2,1-2H3,(H2,11,12,14). The Bertz CT molecular complexity index is 476. The van der Waals surface area contributed by atoms with Crippen molar-refractivity contribution < 1.29 is 0 Å². The van der Waals surface area contributed by atoms with E-state index in [1.165, 1.54) is 0 Å². The van der Waals surface area contributed by atoms with Gasteiger partial charge in [0, 0.05) is 19.8 Å². The first-order valence-electron chi connectivity index (χ1n) is 4.95. The molecule has 0 saturated carbocycles. The summed E-state index contributed by atoms with van der Waals surface area (Å²) >= 11 is 0. The third kappa shape index (κ3) is 2.10. The highest BCUT2D eigenvalue weighted by Crippen LogP contribution is 2.14. The fourth-order valence-electron chi connectivity index (χ4n) is 1.43. The van der Waals surface area contributed by atoms with E-state index >= 15 is 0 Å². The smallest absolute Gasteiger partial charge is 0.240 e. The molecule has 6 nitrogen and oxygen atoms in total. The quantitative estimate of drug-likeness (QED) is 0.805. The Labute approximate surface area is 93.7 Å². The molecular formula is C10H14N6. The summed E-state index contributed by atoms with van der Waals surface area (Å²) < 4.78 is 1.56. The van der Waals surface area contributed by atoms with Gasteiger partial charge in [-0.05, 0) is 28.1 Å². The summed E-state index contributed by atoms with van der Waals surface area (Å²) in [4.78, 5) is 2.05. The van der Waals surface area contributed by atoms with Crippen LogP contribution in [0.4, 0.5) is 11.6 Å². The number of rotatable bonds is 3. The molecule has 0 bridgehead atoms. The first-order chi connectivity index (χ1) is 7.66. The highest BCUT2D eigenvalue weighted by molar-refractivity contribution is 5.47. The zero-order valence-corrected chi connectivity index (χ0v) is 9.33. The Morgan fingerprint density at radius 2 is 2.19 bits per heavy atom. The van der Waals surface area contributed by atoms with Crippen LogP contribution in [0.1, 0.15) is 5.56 Å². The van der Waals surface area contributed by atoms with Gasteiger partial charge in [0.25, 0.3) is 0 Å². The number of nitrogens with two attached hydrogens (primary N) is 1. The molecule has 2 rings (SSSR count). The van der Waals surface area contributed by atoms with Gasteiger partial charge < -0.3 is 10.6 Å². The highest BCUT2D eigenvalue weighted by atomic mass is 15.6. The minimum atomic E-state index is 0.329. The lowest BCUT2D eigenvalue weighted by atomic mass is 10.2. The third-order valence-corrected chi connectivity index (χ3v) is 2.32. The van der Waals surface area contributed by atoms with E-state index in [-0.39, 0.29) is 0 Å². The molecule has 6 heteroatoms. The summed E-state index contributed by atoms with van der Waals surface area (Å²) in [5.74, 6) is 0.329. The molecule has 16 heavy (non-hydrogen) atoms. The summed E-state index contributed by atoms with van der Waals surface area (Å²) in [6.45, 7) is 0.584. The number of anilines is 2. The zero-order chi connectivity index (χ0) is 11.5. The van der Waals surface area contributed by atoms with E-state index in [2.05, 4.69) is 21.6 Å². The van der Waals surface area contributed by atoms with Gasteiger partial charge in [-0.15, -0.1) is 0 Å². The lowest BCUT2D eigenvalue weighted by Gasteiger charge is -2.13. The molecule has 0 aliphatic carbocycles. The van der Waals surface area contributed by atoms with Crippen LogP contribution in [0.25, 0.3) is 0 Å². The van der Waals surface area contributed by atoms with E-state index in [4.69, 9.17) is 5.73 Å². The van der Waals surface area contributed by atoms with Gasteiger partial charge in [0.2, 0.25) is 5.95 Å². The van der Waals surface area contributed by atoms with Gasteiger partial charge in [-0.2, -0.15) is 0 Å². The Balaban J connectivity index is 2.22. The van der Waals surface area contributed by atoms with Crippen molar-refractivity contribution in [1.82, 2.24) is 20.2 Å². The molecule has 0 unspecified atom stereocenters. The van der Waals surface area contributed by atoms with Crippen molar-refractivity contribution in [3.63, 3.8) is 0 Å². The van der Waals surface area contributed by atoms with E-state index in [1.54, 1.807) is 4.68 Å². The van der Waals surface area contributed by atoms with E-state index in [0.717, 1.165) is 11.3 Å². The second kappa shape index (κ2) is 4.18. The van der Waals surface area contributed by atoms with Crippen LogP contribution < -0.4 is 10.6 Å². The molecule has 2 aromatic rings. The van der Waals surface area contributed by atoms with Crippen molar-refractivity contribution in [1.29, 1.82) is 0 Å². The Morgan fingerprint density at radius 1 is 1.38 bits per heavy atom. The van der Waals surface area contributed by atoms with Gasteiger partial charge in [0.15, 0.2) is 0 Å². The topological polar surface area (TPSA) is 72.9 Å². The molecule has 0 spiro atoms. The Kier molecular flexibility index (Phi) is 2.72. The molecule has 0 amide bonds. The Hall–Kier alpha value is -2.11. The van der Waals surface area contributed by atoms with Crippen LogP contribution in [-0.2, 0) is 6.54 Å². The predicted molar refractivity (Wildman–Crippen MR) is 62.1 cm³/mol. The average molecular weight is 218 g/mol. The second-order valence-corrected chi connectivity index (χ2v) is 3.76. The van der Waals surface area contributed by atoms with Gasteiger partial charge in [-0.3, -0.25) is 0 Å². The fourth-order valence-corrected chi connectivity index (χ4v) is 1.43. The maximum absolute atomic E-state index is 5.60. The summed E-state index contributed by atoms with van der Waals surface area (Å²) in [5, 5.41) is 10.9. The van der Waals surface area contributed by atoms with Crippen molar-refractivity contribution in [2.75, 3.05) is 24.7 Å². The average Bonchev–Trinajstić information content (AvgIpc) is 2.65. The van der Waals surface area contributed by atoms with Gasteiger partial charge in [-0.25, -0.2) is 4.68 Å². The van der Waals surface area contributed by atoms with E-state index in [1.807, 2.05) is 37.2 Å². The zero-order valence-electron chi connectivity index (χ0n) is 9.33. The summed E-state index contributed by atoms with van der Waals surface area (Å²) in [6, 6.07) is 8.16. The molecule has 1 aromatic heterocycles. The molecule has 0 aliphatic rings. The van der Waals surface area contributed by atoms with Gasteiger partial charge in [-0.1, -0.05) is 17.2 Å². The van der Waals surface area contributed by atoms with E-state index in [0.29, 0.717) is 12.5 Å². The number of nitrogen functional groups attached to an aromatic ring is 1. The SMILES string of the molecule is CN(C)c1cccc(Cn2nnnc2N)c1. The van der Waals surface area contributed by atoms with E-state index < -0.39 is 0 Å². The monoisotopic (exact) mass is 218 g/mol. The molecular weight excluding hydrogens is 204 g/mol. The molecule has 0 fully saturated rings. The van der Waals surface area contributed by atoms with Crippen LogP contribution in [0.15, 0.2) is 24.3 Å². The summed E-state index contributed by atoms with van der Waals surface area (Å²) in [6.07, 6.45) is 0. The first-order valence-corrected chi connectivity index (χ1v) is 4.95. The largest absolute Gasteiger partial charge is 0.378 e. The number of nitrogens with zero attached hydrogens (tertiary/aromatic N) is 5. The molecule has 1 heterocycles. The molecule has 0 saturated heterocycles. The molecule has 1 aromatic carbocycles. The minimum Gasteiger partial charge on any atom is -0.378 e. The van der Waals surface area contributed by atoms with Gasteiger partial charge >= 0.3 is 0 Å². The molecule has 0 atom stereocenters. The van der Waals surface area contributed by atoms with Crippen molar-refractivity contribution in [3.8, 4) is 0 Å². The lowest BCUT2D eigenvalue weighted by Crippen LogP contribution is -2.10. The first kappa shape index (κ1) is 10.4. The number of hydrogen-bond donors (Lipinski definition) is 1. The van der Waals surface area contributed by atoms with Gasteiger partial charge in [0.05, 0.1) is 6.54 Å². The van der Waals surface area contributed by atoms with E-state index in [9.17, 15) is 0 Å². The van der Waals surface area contributed by atoms with Crippen LogP contribution in [0.3, 0.4) is 0 Å². The molecule has 84 valence electrons. The molecule has 0 radical (unpaired) electrons. The molecule has 0 aliphatic heterocycles. The van der Waals surface area contributed by atoms with Crippen LogP contribution in [0.5, 0.6) is 0 Å². The molecule has 2 N–H and O–H groups in total. The Morgan fingerprint density at radius 3 is 2.81 bits per heavy atom. The maximum Gasteiger partial charge on any atom is 0.240 e. The maximum atomic E-state index is 5.60. The number of hydrogen-bond acceptors (Lipinski definition) is 5. The third-order valence-electron chi connectivity index (χ3n) is 2.32. The van der Waals surface area contributed by atoms with Gasteiger partial charge in [0.1, 0.15) is 0 Å². The number of aromatic nitrogens is 4. The van der Waals surface area contributed by atoms with Crippen LogP contribution in [0.2, 0.25) is 0 Å². The van der Waals surface area contributed by atoms with Crippen molar-refractivity contribution in [2.24, 2.45) is 0 Å². The normalized spacial score (nSPS) is 10.4. The predicted octanol–water partition coefficient (Wildman–Crippen LogP) is 0.370. The van der Waals surface area contributed by atoms with Crippen molar-refractivity contribution in [2.45, 2.75) is 6.54 Å². The second-order valence-electron chi connectivity index (χ2n) is 3.76. The van der Waals surface area contributed by atoms with Crippen molar-refractivity contribution in [3.05, 3.63) is 29.8 Å².